The average molecular weight is 464 g/mol. The molecule has 0 atom stereocenters. The molecule has 162 valence electrons. The zero-order valence-corrected chi connectivity index (χ0v) is 18.8. The van der Waals surface area contributed by atoms with Crippen molar-refractivity contribution in [2.24, 2.45) is 0 Å². The first kappa shape index (κ1) is 22.0. The van der Waals surface area contributed by atoms with Gasteiger partial charge < -0.3 is 9.84 Å². The Labute approximate surface area is 195 Å². The van der Waals surface area contributed by atoms with Gasteiger partial charge in [-0.3, -0.25) is 14.5 Å². The second-order valence-electron chi connectivity index (χ2n) is 7.30. The molecule has 7 heteroatoms. The number of aliphatic carboxylic acids is 1. The number of carbonyl (C=O) groups is 2. The summed E-state index contributed by atoms with van der Waals surface area (Å²) in [6.07, 6.45) is 2.19. The minimum atomic E-state index is -0.887. The Kier molecular flexibility index (Phi) is 6.87. The van der Waals surface area contributed by atoms with Crippen molar-refractivity contribution in [1.29, 1.82) is 0 Å². The summed E-state index contributed by atoms with van der Waals surface area (Å²) in [6.45, 7) is 0.706. The van der Waals surface area contributed by atoms with Crippen molar-refractivity contribution in [1.82, 2.24) is 4.90 Å². The number of thiocarbonyl (C=S) groups is 1. The van der Waals surface area contributed by atoms with Gasteiger partial charge in [0.2, 0.25) is 0 Å². The Morgan fingerprint density at radius 1 is 1.06 bits per heavy atom. The van der Waals surface area contributed by atoms with E-state index in [4.69, 9.17) is 22.1 Å². The molecule has 1 heterocycles. The van der Waals surface area contributed by atoms with Crippen LogP contribution in [0.3, 0.4) is 0 Å². The number of ether oxygens (including phenoxy) is 1. The van der Waals surface area contributed by atoms with E-state index in [-0.39, 0.29) is 12.3 Å². The Balaban J connectivity index is 1.65. The molecule has 1 aliphatic rings. The number of amides is 1. The fraction of sp³-hybridized carbons (Fsp3) is 0.160. The van der Waals surface area contributed by atoms with Crippen molar-refractivity contribution >= 4 is 57.0 Å². The monoisotopic (exact) mass is 463 g/mol. The summed E-state index contributed by atoms with van der Waals surface area (Å²) in [5, 5.41) is 10.9. The van der Waals surface area contributed by atoms with Gasteiger partial charge in [0.25, 0.3) is 5.91 Å². The molecule has 3 aromatic carbocycles. The zero-order valence-electron chi connectivity index (χ0n) is 17.2. The molecule has 0 aliphatic carbocycles. The van der Waals surface area contributed by atoms with Gasteiger partial charge in [-0.05, 0) is 34.9 Å². The molecule has 1 fully saturated rings. The smallest absolute Gasteiger partial charge is 0.303 e. The van der Waals surface area contributed by atoms with E-state index in [0.29, 0.717) is 34.5 Å². The van der Waals surface area contributed by atoms with Crippen LogP contribution in [0.25, 0.3) is 16.8 Å². The van der Waals surface area contributed by atoms with Crippen LogP contribution in [0.1, 0.15) is 24.0 Å². The van der Waals surface area contributed by atoms with Gasteiger partial charge >= 0.3 is 5.97 Å². The van der Waals surface area contributed by atoms with Crippen molar-refractivity contribution in [3.63, 3.8) is 0 Å². The Morgan fingerprint density at radius 2 is 1.81 bits per heavy atom. The molecule has 5 nitrogen and oxygen atoms in total. The number of carboxylic acids is 1. The van der Waals surface area contributed by atoms with Crippen LogP contribution in [0.5, 0.6) is 5.75 Å². The van der Waals surface area contributed by atoms with Crippen LogP contribution in [-0.4, -0.2) is 32.7 Å². The van der Waals surface area contributed by atoms with Crippen LogP contribution >= 0.6 is 24.0 Å². The fourth-order valence-electron chi connectivity index (χ4n) is 3.50. The normalized spacial score (nSPS) is 15.0. The average Bonchev–Trinajstić information content (AvgIpc) is 3.06. The molecule has 32 heavy (non-hydrogen) atoms. The third-order valence-corrected chi connectivity index (χ3v) is 6.47. The highest BCUT2D eigenvalue weighted by Crippen LogP contribution is 2.37. The highest BCUT2D eigenvalue weighted by Gasteiger charge is 2.32. The lowest BCUT2D eigenvalue weighted by atomic mass is 10.0. The second kappa shape index (κ2) is 9.97. The predicted molar refractivity (Wildman–Crippen MR) is 131 cm³/mol. The van der Waals surface area contributed by atoms with E-state index >= 15 is 0 Å². The summed E-state index contributed by atoms with van der Waals surface area (Å²) in [5.41, 5.74) is 1.88. The van der Waals surface area contributed by atoms with Gasteiger partial charge in [0.05, 0.1) is 4.91 Å². The highest BCUT2D eigenvalue weighted by molar-refractivity contribution is 8.26. The fourth-order valence-corrected chi connectivity index (χ4v) is 4.79. The van der Waals surface area contributed by atoms with E-state index in [1.54, 1.807) is 0 Å². The molecule has 0 unspecified atom stereocenters. The van der Waals surface area contributed by atoms with Gasteiger partial charge in [0.1, 0.15) is 16.7 Å². The number of thioether (sulfide) groups is 1. The van der Waals surface area contributed by atoms with Crippen LogP contribution < -0.4 is 4.74 Å². The quantitative estimate of drug-likeness (QED) is 0.352. The van der Waals surface area contributed by atoms with E-state index in [9.17, 15) is 9.59 Å². The SMILES string of the molecule is O=C(O)CCCN1C(=O)C(=Cc2c(OCc3ccccc3)ccc3ccccc23)SC1=S. The van der Waals surface area contributed by atoms with Crippen molar-refractivity contribution in [2.75, 3.05) is 6.54 Å². The number of benzene rings is 3. The van der Waals surface area contributed by atoms with Crippen molar-refractivity contribution in [2.45, 2.75) is 19.4 Å². The third-order valence-electron chi connectivity index (χ3n) is 5.09. The second-order valence-corrected chi connectivity index (χ2v) is 8.98. The maximum Gasteiger partial charge on any atom is 0.303 e. The Morgan fingerprint density at radius 3 is 2.59 bits per heavy atom. The molecule has 4 rings (SSSR count). The largest absolute Gasteiger partial charge is 0.488 e. The minimum absolute atomic E-state index is 0.00307. The summed E-state index contributed by atoms with van der Waals surface area (Å²) >= 11 is 6.62. The summed E-state index contributed by atoms with van der Waals surface area (Å²) in [4.78, 5) is 25.8. The molecule has 0 aromatic heterocycles. The van der Waals surface area contributed by atoms with Crippen LogP contribution in [0, 0.1) is 0 Å². The molecule has 1 saturated heterocycles. The van der Waals surface area contributed by atoms with E-state index in [1.165, 1.54) is 16.7 Å². The van der Waals surface area contributed by atoms with Crippen molar-refractivity contribution in [3.05, 3.63) is 82.8 Å². The summed E-state index contributed by atoms with van der Waals surface area (Å²) in [5.74, 6) is -0.405. The first-order valence-electron chi connectivity index (χ1n) is 10.2. The molecule has 0 bridgehead atoms. The lowest BCUT2D eigenvalue weighted by Gasteiger charge is -2.14. The molecule has 0 radical (unpaired) electrons. The number of nitrogens with zero attached hydrogens (tertiary/aromatic N) is 1. The molecular weight excluding hydrogens is 442 g/mol. The van der Waals surface area contributed by atoms with E-state index in [2.05, 4.69) is 0 Å². The van der Waals surface area contributed by atoms with Gasteiger partial charge in [-0.25, -0.2) is 0 Å². The number of fused-ring (bicyclic) bond motifs is 1. The zero-order chi connectivity index (χ0) is 22.5. The standard InChI is InChI=1S/C25H21NO4S2/c27-23(28)11-6-14-26-24(29)22(32-25(26)31)15-20-19-10-5-4-9-18(19)12-13-21(20)30-16-17-7-2-1-3-8-17/h1-5,7-10,12-13,15H,6,11,14,16H2,(H,27,28). The van der Waals surface area contributed by atoms with Crippen molar-refractivity contribution in [3.8, 4) is 5.75 Å². The first-order valence-corrected chi connectivity index (χ1v) is 11.4. The number of hydrogen-bond donors (Lipinski definition) is 1. The molecular formula is C25H21NO4S2. The first-order chi connectivity index (χ1) is 15.5. The van der Waals surface area contributed by atoms with Crippen molar-refractivity contribution < 1.29 is 19.4 Å². The summed E-state index contributed by atoms with van der Waals surface area (Å²) < 4.78 is 6.59. The highest BCUT2D eigenvalue weighted by atomic mass is 32.2. The van der Waals surface area contributed by atoms with E-state index in [0.717, 1.165) is 21.9 Å². The molecule has 0 spiro atoms. The maximum atomic E-state index is 13.0. The van der Waals surface area contributed by atoms with E-state index < -0.39 is 5.97 Å². The van der Waals surface area contributed by atoms with Crippen LogP contribution in [0.15, 0.2) is 71.6 Å². The summed E-state index contributed by atoms with van der Waals surface area (Å²) in [7, 11) is 0. The van der Waals surface area contributed by atoms with Gasteiger partial charge in [0.15, 0.2) is 0 Å². The van der Waals surface area contributed by atoms with E-state index in [1.807, 2.05) is 72.8 Å². The number of hydrogen-bond acceptors (Lipinski definition) is 5. The summed E-state index contributed by atoms with van der Waals surface area (Å²) in [6, 6.07) is 21.8. The maximum absolute atomic E-state index is 13.0. The van der Waals surface area contributed by atoms with Gasteiger partial charge in [-0.1, -0.05) is 84.6 Å². The van der Waals surface area contributed by atoms with Crippen LogP contribution in [-0.2, 0) is 16.2 Å². The lowest BCUT2D eigenvalue weighted by molar-refractivity contribution is -0.137. The number of rotatable bonds is 8. The third kappa shape index (κ3) is 5.00. The lowest BCUT2D eigenvalue weighted by Crippen LogP contribution is -2.29. The molecule has 0 saturated carbocycles. The number of carbonyl (C=O) groups excluding carboxylic acids is 1. The van der Waals surface area contributed by atoms with Crippen LogP contribution in [0.4, 0.5) is 0 Å². The molecule has 1 aliphatic heterocycles. The Hall–Kier alpha value is -3.16. The van der Waals surface area contributed by atoms with Gasteiger partial charge in [0, 0.05) is 18.5 Å². The molecule has 1 amide bonds. The molecule has 1 N–H and O–H groups in total. The molecule has 3 aromatic rings. The van der Waals surface area contributed by atoms with Crippen LogP contribution in [0.2, 0.25) is 0 Å². The van der Waals surface area contributed by atoms with Gasteiger partial charge in [-0.2, -0.15) is 0 Å². The topological polar surface area (TPSA) is 66.8 Å². The number of carboxylic acid groups (broad SMARTS) is 1. The predicted octanol–water partition coefficient (Wildman–Crippen LogP) is 5.48. The van der Waals surface area contributed by atoms with Gasteiger partial charge in [-0.15, -0.1) is 0 Å². The Bertz CT molecular complexity index is 1210. The minimum Gasteiger partial charge on any atom is -0.488 e.